The van der Waals surface area contributed by atoms with Crippen LogP contribution in [-0.2, 0) is 10.0 Å². The summed E-state index contributed by atoms with van der Waals surface area (Å²) in [6, 6.07) is 1.63. The lowest BCUT2D eigenvalue weighted by Gasteiger charge is -2.23. The number of hydrogen-bond acceptors (Lipinski definition) is 7. The van der Waals surface area contributed by atoms with Crippen LogP contribution in [0, 0.1) is 5.41 Å². The van der Waals surface area contributed by atoms with Crippen LogP contribution in [0.2, 0.25) is 0 Å². The Kier molecular flexibility index (Phi) is 4.01. The van der Waals surface area contributed by atoms with Crippen molar-refractivity contribution in [2.45, 2.75) is 13.8 Å². The molecule has 2 aromatic rings. The monoisotopic (exact) mass is 315 g/mol. The van der Waals surface area contributed by atoms with Gasteiger partial charge in [0.2, 0.25) is 10.0 Å². The number of ether oxygens (including phenoxy) is 2. The zero-order valence-corrected chi connectivity index (χ0v) is 12.8. The number of rotatable bonds is 6. The lowest BCUT2D eigenvalue weighted by Crippen LogP contribution is -2.33. The summed E-state index contributed by atoms with van der Waals surface area (Å²) in [6.45, 7) is 3.57. The Morgan fingerprint density at radius 1 is 1.43 bits per heavy atom. The lowest BCUT2D eigenvalue weighted by molar-refractivity contribution is 0.183. The SMILES string of the molecule is COc1cc2ncnn2nc1OCC(C)(C)CS(N)(=O)=O. The molecule has 0 aliphatic rings. The maximum atomic E-state index is 11.2. The van der Waals surface area contributed by atoms with Gasteiger partial charge in [0.05, 0.1) is 19.5 Å². The van der Waals surface area contributed by atoms with Crippen molar-refractivity contribution in [1.29, 1.82) is 0 Å². The number of primary sulfonamides is 1. The Balaban J connectivity index is 2.19. The topological polar surface area (TPSA) is 122 Å². The predicted molar refractivity (Wildman–Crippen MR) is 74.6 cm³/mol. The van der Waals surface area contributed by atoms with Crippen molar-refractivity contribution in [3.8, 4) is 11.6 Å². The minimum atomic E-state index is -3.59. The molecule has 116 valence electrons. The van der Waals surface area contributed by atoms with Gasteiger partial charge in [0.15, 0.2) is 11.4 Å². The standard InChI is InChI=1S/C11H17N5O4S/c1-11(2,6-21(12,17)18)5-20-10-8(19-3)4-9-13-7-14-16(9)15-10/h4,7H,5-6H2,1-3H3,(H2,12,17,18). The van der Waals surface area contributed by atoms with Gasteiger partial charge in [-0.25, -0.2) is 18.5 Å². The first-order valence-corrected chi connectivity index (χ1v) is 7.80. The summed E-state index contributed by atoms with van der Waals surface area (Å²) in [5.41, 5.74) is -0.152. The van der Waals surface area contributed by atoms with Gasteiger partial charge in [0.25, 0.3) is 5.88 Å². The summed E-state index contributed by atoms with van der Waals surface area (Å²) in [5, 5.41) is 13.1. The molecule has 0 saturated carbocycles. The maximum Gasteiger partial charge on any atom is 0.276 e. The van der Waals surface area contributed by atoms with E-state index >= 15 is 0 Å². The second kappa shape index (κ2) is 5.45. The van der Waals surface area contributed by atoms with E-state index in [1.807, 2.05) is 0 Å². The molecule has 0 fully saturated rings. The molecule has 2 rings (SSSR count). The first kappa shape index (κ1) is 15.4. The van der Waals surface area contributed by atoms with Gasteiger partial charge < -0.3 is 9.47 Å². The molecule has 0 bridgehead atoms. The van der Waals surface area contributed by atoms with Gasteiger partial charge >= 0.3 is 0 Å². The molecule has 0 saturated heterocycles. The Labute approximate surface area is 122 Å². The zero-order chi connectivity index (χ0) is 15.7. The van der Waals surface area contributed by atoms with E-state index in [9.17, 15) is 8.42 Å². The number of nitrogens with two attached hydrogens (primary N) is 1. The molecule has 21 heavy (non-hydrogen) atoms. The van der Waals surface area contributed by atoms with Crippen LogP contribution in [0.3, 0.4) is 0 Å². The van der Waals surface area contributed by atoms with Gasteiger partial charge in [0.1, 0.15) is 6.33 Å². The van der Waals surface area contributed by atoms with Crippen molar-refractivity contribution < 1.29 is 17.9 Å². The summed E-state index contributed by atoms with van der Waals surface area (Å²) >= 11 is 0. The van der Waals surface area contributed by atoms with E-state index in [4.69, 9.17) is 14.6 Å². The minimum Gasteiger partial charge on any atom is -0.491 e. The van der Waals surface area contributed by atoms with E-state index in [0.717, 1.165) is 0 Å². The van der Waals surface area contributed by atoms with Gasteiger partial charge in [-0.15, -0.1) is 14.8 Å². The normalized spacial score (nSPS) is 12.6. The Morgan fingerprint density at radius 2 is 2.14 bits per heavy atom. The van der Waals surface area contributed by atoms with Crippen LogP contribution in [0.4, 0.5) is 0 Å². The highest BCUT2D eigenvalue weighted by molar-refractivity contribution is 7.89. The predicted octanol–water partition coefficient (Wildman–Crippen LogP) is -0.174. The molecular formula is C11H17N5O4S. The van der Waals surface area contributed by atoms with Crippen molar-refractivity contribution in [2.24, 2.45) is 10.6 Å². The van der Waals surface area contributed by atoms with Gasteiger partial charge in [-0.05, 0) is 0 Å². The second-order valence-electron chi connectivity index (χ2n) is 5.39. The molecule has 9 nitrogen and oxygen atoms in total. The molecule has 0 radical (unpaired) electrons. The largest absolute Gasteiger partial charge is 0.491 e. The molecule has 2 N–H and O–H groups in total. The second-order valence-corrected chi connectivity index (χ2v) is 7.00. The van der Waals surface area contributed by atoms with Crippen LogP contribution in [0.5, 0.6) is 11.6 Å². The number of nitrogens with zero attached hydrogens (tertiary/aromatic N) is 4. The van der Waals surface area contributed by atoms with Crippen molar-refractivity contribution in [2.75, 3.05) is 19.5 Å². The first-order chi connectivity index (χ1) is 9.70. The molecule has 0 aliphatic carbocycles. The summed E-state index contributed by atoms with van der Waals surface area (Å²) in [5.74, 6) is 0.397. The van der Waals surface area contributed by atoms with Crippen LogP contribution in [0.25, 0.3) is 5.65 Å². The molecule has 0 atom stereocenters. The summed E-state index contributed by atoms with van der Waals surface area (Å²) < 4.78 is 34.4. The average molecular weight is 315 g/mol. The summed E-state index contributed by atoms with van der Waals surface area (Å²) in [7, 11) is -2.11. The lowest BCUT2D eigenvalue weighted by atomic mass is 9.98. The maximum absolute atomic E-state index is 11.2. The molecule has 0 aromatic carbocycles. The van der Waals surface area contributed by atoms with E-state index in [1.165, 1.54) is 18.1 Å². The number of hydrogen-bond donors (Lipinski definition) is 1. The van der Waals surface area contributed by atoms with Crippen LogP contribution in [0.15, 0.2) is 12.4 Å². The molecular weight excluding hydrogens is 298 g/mol. The van der Waals surface area contributed by atoms with Crippen molar-refractivity contribution in [3.63, 3.8) is 0 Å². The summed E-state index contributed by atoms with van der Waals surface area (Å²) in [6.07, 6.45) is 1.36. The highest BCUT2D eigenvalue weighted by Crippen LogP contribution is 2.27. The number of aromatic nitrogens is 4. The number of methoxy groups -OCH3 is 1. The van der Waals surface area contributed by atoms with Gasteiger partial charge in [-0.2, -0.15) is 0 Å². The molecule has 2 heterocycles. The Hall–Kier alpha value is -1.94. The van der Waals surface area contributed by atoms with Crippen molar-refractivity contribution in [3.05, 3.63) is 12.4 Å². The fraction of sp³-hybridized carbons (Fsp3) is 0.545. The average Bonchev–Trinajstić information content (AvgIpc) is 2.79. The van der Waals surface area contributed by atoms with E-state index in [1.54, 1.807) is 19.9 Å². The third-order valence-electron chi connectivity index (χ3n) is 2.62. The highest BCUT2D eigenvalue weighted by atomic mass is 32.2. The van der Waals surface area contributed by atoms with E-state index in [0.29, 0.717) is 11.4 Å². The van der Waals surface area contributed by atoms with E-state index in [-0.39, 0.29) is 18.2 Å². The third-order valence-corrected chi connectivity index (χ3v) is 3.81. The van der Waals surface area contributed by atoms with Crippen LogP contribution < -0.4 is 14.6 Å². The highest BCUT2D eigenvalue weighted by Gasteiger charge is 2.26. The van der Waals surface area contributed by atoms with Crippen LogP contribution >= 0.6 is 0 Å². The molecule has 0 aliphatic heterocycles. The first-order valence-electron chi connectivity index (χ1n) is 6.08. The van der Waals surface area contributed by atoms with Crippen molar-refractivity contribution >= 4 is 15.7 Å². The molecule has 10 heteroatoms. The fourth-order valence-corrected chi connectivity index (χ4v) is 3.00. The third kappa shape index (κ3) is 4.02. The van der Waals surface area contributed by atoms with Gasteiger partial charge in [-0.1, -0.05) is 13.8 Å². The molecule has 0 unspecified atom stereocenters. The minimum absolute atomic E-state index is 0.104. The number of sulfonamides is 1. The summed E-state index contributed by atoms with van der Waals surface area (Å²) in [4.78, 5) is 3.98. The van der Waals surface area contributed by atoms with Crippen molar-refractivity contribution in [1.82, 2.24) is 19.8 Å². The van der Waals surface area contributed by atoms with E-state index < -0.39 is 15.4 Å². The van der Waals surface area contributed by atoms with Gasteiger partial charge in [-0.3, -0.25) is 0 Å². The van der Waals surface area contributed by atoms with Crippen LogP contribution in [0.1, 0.15) is 13.8 Å². The molecule has 2 aromatic heterocycles. The fourth-order valence-electron chi connectivity index (χ4n) is 1.83. The van der Waals surface area contributed by atoms with Gasteiger partial charge in [0, 0.05) is 11.5 Å². The Morgan fingerprint density at radius 3 is 2.76 bits per heavy atom. The van der Waals surface area contributed by atoms with Crippen LogP contribution in [-0.4, -0.2) is 47.7 Å². The molecule has 0 spiro atoms. The molecule has 0 amide bonds. The number of fused-ring (bicyclic) bond motifs is 1. The van der Waals surface area contributed by atoms with E-state index in [2.05, 4.69) is 15.2 Å². The quantitative estimate of drug-likeness (QED) is 0.785. The zero-order valence-electron chi connectivity index (χ0n) is 12.0. The Bertz CT molecular complexity index is 740. The smallest absolute Gasteiger partial charge is 0.276 e.